The number of fused-ring (bicyclic) bond motifs is 1. The summed E-state index contributed by atoms with van der Waals surface area (Å²) in [6, 6.07) is 1.79. The summed E-state index contributed by atoms with van der Waals surface area (Å²) in [7, 11) is 1.57. The number of methoxy groups -OCH3 is 1. The molecule has 0 aliphatic carbocycles. The third kappa shape index (κ3) is 2.53. The molecule has 0 amide bonds. The van der Waals surface area contributed by atoms with Crippen LogP contribution in [-0.2, 0) is 11.2 Å². The van der Waals surface area contributed by atoms with Crippen molar-refractivity contribution in [3.05, 3.63) is 16.1 Å². The Bertz CT molecular complexity index is 468. The number of carbonyl (C=O) groups is 1. The molecule has 18 heavy (non-hydrogen) atoms. The lowest BCUT2D eigenvalue weighted by molar-refractivity contribution is -0.137. The second-order valence-electron chi connectivity index (χ2n) is 3.85. The van der Waals surface area contributed by atoms with Gasteiger partial charge in [-0.05, 0) is 28.8 Å². The minimum Gasteiger partial charge on any atom is -0.495 e. The average molecular weight is 317 g/mol. The van der Waals surface area contributed by atoms with Crippen LogP contribution in [0, 0.1) is 0 Å². The van der Waals surface area contributed by atoms with E-state index in [1.54, 1.807) is 13.2 Å². The van der Waals surface area contributed by atoms with Crippen LogP contribution in [0.4, 0.5) is 0 Å². The fourth-order valence-corrected chi connectivity index (χ4v) is 2.53. The van der Waals surface area contributed by atoms with E-state index >= 15 is 0 Å². The van der Waals surface area contributed by atoms with Gasteiger partial charge >= 0.3 is 5.97 Å². The van der Waals surface area contributed by atoms with Crippen LogP contribution in [0.5, 0.6) is 17.2 Å². The third-order valence-electron chi connectivity index (χ3n) is 2.69. The van der Waals surface area contributed by atoms with Crippen molar-refractivity contribution in [2.45, 2.75) is 19.3 Å². The molecule has 98 valence electrons. The zero-order valence-electron chi connectivity index (χ0n) is 9.86. The largest absolute Gasteiger partial charge is 0.495 e. The van der Waals surface area contributed by atoms with Crippen LogP contribution in [0.25, 0.3) is 0 Å². The lowest BCUT2D eigenvalue weighted by atomic mass is 10.1. The standard InChI is InChI=1S/C12H13BrO5/c1-16-11-7(3-2-4-10(14)15)12-9(5-8(11)13)17-6-18-12/h5H,2-4,6H2,1H3,(H,14,15). The molecule has 1 aromatic rings. The van der Waals surface area contributed by atoms with Crippen molar-refractivity contribution in [2.24, 2.45) is 0 Å². The molecular weight excluding hydrogens is 304 g/mol. The number of hydrogen-bond donors (Lipinski definition) is 1. The minimum atomic E-state index is -0.808. The molecule has 0 bridgehead atoms. The van der Waals surface area contributed by atoms with Crippen molar-refractivity contribution in [2.75, 3.05) is 13.9 Å². The molecule has 0 spiro atoms. The van der Waals surface area contributed by atoms with Gasteiger partial charge in [0.05, 0.1) is 11.6 Å². The predicted octanol–water partition coefficient (Wildman–Crippen LogP) is 2.59. The number of halogens is 1. The molecular formula is C12H13BrO5. The maximum Gasteiger partial charge on any atom is 0.303 e. The van der Waals surface area contributed by atoms with E-state index in [2.05, 4.69) is 15.9 Å². The van der Waals surface area contributed by atoms with Crippen molar-refractivity contribution in [1.82, 2.24) is 0 Å². The maximum atomic E-state index is 10.5. The highest BCUT2D eigenvalue weighted by atomic mass is 79.9. The highest BCUT2D eigenvalue weighted by Gasteiger charge is 2.24. The topological polar surface area (TPSA) is 65.0 Å². The fourth-order valence-electron chi connectivity index (χ4n) is 1.92. The van der Waals surface area contributed by atoms with Gasteiger partial charge in [-0.1, -0.05) is 0 Å². The second kappa shape index (κ2) is 5.48. The Hall–Kier alpha value is -1.43. The first-order valence-corrected chi connectivity index (χ1v) is 6.29. The Morgan fingerprint density at radius 3 is 3.00 bits per heavy atom. The van der Waals surface area contributed by atoms with Gasteiger partial charge in [-0.25, -0.2) is 0 Å². The first-order valence-electron chi connectivity index (χ1n) is 5.50. The Kier molecular flexibility index (Phi) is 3.96. The van der Waals surface area contributed by atoms with Crippen LogP contribution in [0.15, 0.2) is 10.5 Å². The SMILES string of the molecule is COc1c(Br)cc2c(c1CCCC(=O)O)OCO2. The Morgan fingerprint density at radius 2 is 2.33 bits per heavy atom. The molecule has 0 radical (unpaired) electrons. The van der Waals surface area contributed by atoms with Crippen LogP contribution in [0.3, 0.4) is 0 Å². The monoisotopic (exact) mass is 316 g/mol. The summed E-state index contributed by atoms with van der Waals surface area (Å²) in [6.07, 6.45) is 1.21. The molecule has 1 aromatic carbocycles. The van der Waals surface area contributed by atoms with Gasteiger partial charge in [0.25, 0.3) is 0 Å². The number of aliphatic carboxylic acids is 1. The molecule has 0 saturated heterocycles. The van der Waals surface area contributed by atoms with Gasteiger partial charge in [-0.15, -0.1) is 0 Å². The summed E-state index contributed by atoms with van der Waals surface area (Å²) in [6.45, 7) is 0.181. The van der Waals surface area contributed by atoms with E-state index in [0.29, 0.717) is 30.1 Å². The zero-order chi connectivity index (χ0) is 13.1. The minimum absolute atomic E-state index is 0.116. The quantitative estimate of drug-likeness (QED) is 0.904. The normalized spacial score (nSPS) is 12.6. The Labute approximate surface area is 113 Å². The number of hydrogen-bond acceptors (Lipinski definition) is 4. The molecule has 0 fully saturated rings. The predicted molar refractivity (Wildman–Crippen MR) is 67.4 cm³/mol. The second-order valence-corrected chi connectivity index (χ2v) is 4.71. The summed E-state index contributed by atoms with van der Waals surface area (Å²) < 4.78 is 16.8. The van der Waals surface area contributed by atoms with E-state index in [-0.39, 0.29) is 13.2 Å². The Morgan fingerprint density at radius 1 is 1.56 bits per heavy atom. The van der Waals surface area contributed by atoms with E-state index in [1.807, 2.05) is 0 Å². The van der Waals surface area contributed by atoms with Crippen LogP contribution < -0.4 is 14.2 Å². The van der Waals surface area contributed by atoms with Crippen LogP contribution in [-0.4, -0.2) is 25.0 Å². The molecule has 0 aromatic heterocycles. The molecule has 2 rings (SSSR count). The van der Waals surface area contributed by atoms with Crippen LogP contribution in [0.1, 0.15) is 18.4 Å². The van der Waals surface area contributed by atoms with E-state index in [4.69, 9.17) is 19.3 Å². The van der Waals surface area contributed by atoms with Gasteiger partial charge in [-0.3, -0.25) is 4.79 Å². The Balaban J connectivity index is 2.28. The third-order valence-corrected chi connectivity index (χ3v) is 3.27. The number of rotatable bonds is 5. The number of ether oxygens (including phenoxy) is 3. The lowest BCUT2D eigenvalue weighted by Gasteiger charge is -2.12. The molecule has 5 nitrogen and oxygen atoms in total. The summed E-state index contributed by atoms with van der Waals surface area (Å²) in [5.41, 5.74) is 0.848. The lowest BCUT2D eigenvalue weighted by Crippen LogP contribution is -2.00. The highest BCUT2D eigenvalue weighted by molar-refractivity contribution is 9.10. The van der Waals surface area contributed by atoms with Crippen LogP contribution in [0.2, 0.25) is 0 Å². The van der Waals surface area contributed by atoms with Crippen molar-refractivity contribution in [3.63, 3.8) is 0 Å². The first kappa shape index (κ1) is 13.0. The molecule has 1 heterocycles. The van der Waals surface area contributed by atoms with Gasteiger partial charge in [0.1, 0.15) is 5.75 Å². The van der Waals surface area contributed by atoms with E-state index in [9.17, 15) is 4.79 Å². The van der Waals surface area contributed by atoms with Crippen molar-refractivity contribution in [3.8, 4) is 17.2 Å². The van der Waals surface area contributed by atoms with Crippen LogP contribution >= 0.6 is 15.9 Å². The van der Waals surface area contributed by atoms with Gasteiger partial charge in [0, 0.05) is 18.1 Å². The number of benzene rings is 1. The smallest absolute Gasteiger partial charge is 0.303 e. The molecule has 1 aliphatic rings. The maximum absolute atomic E-state index is 10.5. The zero-order valence-corrected chi connectivity index (χ0v) is 11.4. The average Bonchev–Trinajstić information content (AvgIpc) is 2.76. The molecule has 1 aliphatic heterocycles. The molecule has 1 N–H and O–H groups in total. The van der Waals surface area contributed by atoms with Crippen molar-refractivity contribution in [1.29, 1.82) is 0 Å². The van der Waals surface area contributed by atoms with E-state index in [0.717, 1.165) is 10.0 Å². The summed E-state index contributed by atoms with van der Waals surface area (Å²) in [4.78, 5) is 10.5. The number of carboxylic acids is 1. The van der Waals surface area contributed by atoms with Crippen molar-refractivity contribution >= 4 is 21.9 Å². The van der Waals surface area contributed by atoms with Gasteiger partial charge in [0.2, 0.25) is 6.79 Å². The van der Waals surface area contributed by atoms with Gasteiger partial charge in [0.15, 0.2) is 11.5 Å². The van der Waals surface area contributed by atoms with Gasteiger partial charge < -0.3 is 19.3 Å². The van der Waals surface area contributed by atoms with E-state index < -0.39 is 5.97 Å². The van der Waals surface area contributed by atoms with Crippen molar-refractivity contribution < 1.29 is 24.1 Å². The summed E-state index contributed by atoms with van der Waals surface area (Å²) >= 11 is 3.40. The summed E-state index contributed by atoms with van der Waals surface area (Å²) in [5.74, 6) is 1.18. The fraction of sp³-hybridized carbons (Fsp3) is 0.417. The first-order chi connectivity index (χ1) is 8.63. The highest BCUT2D eigenvalue weighted by Crippen LogP contribution is 2.45. The van der Waals surface area contributed by atoms with Gasteiger partial charge in [-0.2, -0.15) is 0 Å². The summed E-state index contributed by atoms with van der Waals surface area (Å²) in [5, 5.41) is 8.67. The molecule has 0 saturated carbocycles. The van der Waals surface area contributed by atoms with E-state index in [1.165, 1.54) is 0 Å². The molecule has 6 heteroatoms. The number of carboxylic acid groups (broad SMARTS) is 1. The molecule has 0 unspecified atom stereocenters. The molecule has 0 atom stereocenters.